The van der Waals surface area contributed by atoms with E-state index in [1.165, 1.54) is 11.4 Å². The lowest BCUT2D eigenvalue weighted by atomic mass is 9.87. The molecule has 0 radical (unpaired) electrons. The van der Waals surface area contributed by atoms with Gasteiger partial charge in [-0.05, 0) is 19.1 Å². The van der Waals surface area contributed by atoms with Crippen LogP contribution in [0.5, 0.6) is 0 Å². The molecule has 0 aliphatic carbocycles. The monoisotopic (exact) mass is 353 g/mol. The molecule has 10 heteroatoms. The topological polar surface area (TPSA) is 29.1 Å². The summed E-state index contributed by atoms with van der Waals surface area (Å²) in [6.07, 6.45) is -11.7. The van der Waals surface area contributed by atoms with E-state index in [9.17, 15) is 31.1 Å². The summed E-state index contributed by atoms with van der Waals surface area (Å²) in [7, 11) is 0. The lowest BCUT2D eigenvalue weighted by molar-refractivity contribution is -0.317. The number of alkyl halides is 6. The first-order valence-corrected chi connectivity index (χ1v) is 5.97. The SMILES string of the molecule is CC(C(=O)Nc1c(Cl)cccc1Cl)(C(F)(F)F)C(F)(F)F. The second-order valence-corrected chi connectivity index (χ2v) is 4.99. The summed E-state index contributed by atoms with van der Waals surface area (Å²) >= 11 is 11.2. The van der Waals surface area contributed by atoms with Crippen molar-refractivity contribution in [1.82, 2.24) is 0 Å². The first-order valence-electron chi connectivity index (χ1n) is 5.21. The first kappa shape index (κ1) is 17.9. The van der Waals surface area contributed by atoms with Crippen molar-refractivity contribution >= 4 is 34.8 Å². The Kier molecular flexibility index (Phi) is 4.74. The summed E-state index contributed by atoms with van der Waals surface area (Å²) < 4.78 is 76.2. The molecule has 0 aliphatic heterocycles. The Hall–Kier alpha value is -1.15. The van der Waals surface area contributed by atoms with Gasteiger partial charge in [0.2, 0.25) is 11.3 Å². The predicted octanol–water partition coefficient (Wildman–Crippen LogP) is 5.06. The zero-order chi connectivity index (χ0) is 16.6. The zero-order valence-corrected chi connectivity index (χ0v) is 11.7. The number of anilines is 1. The Morgan fingerprint density at radius 3 is 1.71 bits per heavy atom. The van der Waals surface area contributed by atoms with E-state index in [-0.39, 0.29) is 17.0 Å². The Labute approximate surface area is 125 Å². The van der Waals surface area contributed by atoms with Crippen molar-refractivity contribution in [3.05, 3.63) is 28.2 Å². The number of carbonyl (C=O) groups is 1. The van der Waals surface area contributed by atoms with Crippen LogP contribution < -0.4 is 5.32 Å². The third kappa shape index (κ3) is 3.21. The molecule has 0 aromatic heterocycles. The maximum absolute atomic E-state index is 12.7. The molecule has 1 aromatic carbocycles. The van der Waals surface area contributed by atoms with E-state index in [1.54, 1.807) is 0 Å². The molecular weight excluding hydrogens is 347 g/mol. The third-order valence-electron chi connectivity index (χ3n) is 2.79. The zero-order valence-electron chi connectivity index (χ0n) is 10.2. The molecule has 0 saturated carbocycles. The summed E-state index contributed by atoms with van der Waals surface area (Å²) in [5.74, 6) is -2.32. The molecule has 0 bridgehead atoms. The fourth-order valence-electron chi connectivity index (χ4n) is 1.27. The van der Waals surface area contributed by atoms with Gasteiger partial charge >= 0.3 is 12.4 Å². The van der Waals surface area contributed by atoms with E-state index < -0.39 is 29.4 Å². The maximum Gasteiger partial charge on any atom is 0.411 e. The molecule has 0 atom stereocenters. The van der Waals surface area contributed by atoms with Gasteiger partial charge in [-0.25, -0.2) is 0 Å². The van der Waals surface area contributed by atoms with Crippen molar-refractivity contribution in [2.24, 2.45) is 5.41 Å². The fourth-order valence-corrected chi connectivity index (χ4v) is 1.77. The van der Waals surface area contributed by atoms with Gasteiger partial charge in [0.05, 0.1) is 15.7 Å². The largest absolute Gasteiger partial charge is 0.411 e. The molecule has 21 heavy (non-hydrogen) atoms. The molecule has 1 N–H and O–H groups in total. The molecule has 0 saturated heterocycles. The maximum atomic E-state index is 12.7. The molecule has 1 aromatic rings. The predicted molar refractivity (Wildman–Crippen MR) is 65.3 cm³/mol. The highest BCUT2D eigenvalue weighted by Gasteiger charge is 2.72. The van der Waals surface area contributed by atoms with Gasteiger partial charge in [0.1, 0.15) is 0 Å². The van der Waals surface area contributed by atoms with Gasteiger partial charge in [-0.1, -0.05) is 29.3 Å². The van der Waals surface area contributed by atoms with Crippen LogP contribution in [0.3, 0.4) is 0 Å². The summed E-state index contributed by atoms with van der Waals surface area (Å²) in [5.41, 5.74) is -5.12. The highest BCUT2D eigenvalue weighted by molar-refractivity contribution is 6.39. The van der Waals surface area contributed by atoms with E-state index in [2.05, 4.69) is 0 Å². The van der Waals surface area contributed by atoms with Crippen molar-refractivity contribution in [2.45, 2.75) is 19.3 Å². The minimum atomic E-state index is -5.84. The quantitative estimate of drug-likeness (QED) is 0.739. The lowest BCUT2D eigenvalue weighted by Crippen LogP contribution is -2.55. The summed E-state index contributed by atoms with van der Waals surface area (Å²) in [4.78, 5) is 11.6. The van der Waals surface area contributed by atoms with Crippen molar-refractivity contribution in [3.8, 4) is 0 Å². The average molecular weight is 354 g/mol. The Morgan fingerprint density at radius 2 is 1.38 bits per heavy atom. The van der Waals surface area contributed by atoms with Crippen LogP contribution in [0.15, 0.2) is 18.2 Å². The van der Waals surface area contributed by atoms with Gasteiger partial charge in [-0.15, -0.1) is 0 Å². The molecule has 0 heterocycles. The standard InChI is InChI=1S/C11H7Cl2F6NO/c1-9(10(14,15)16,11(17,18)19)8(21)20-7-5(12)3-2-4-6(7)13/h2-4H,1H3,(H,20,21). The molecule has 118 valence electrons. The highest BCUT2D eigenvalue weighted by atomic mass is 35.5. The molecule has 0 aliphatic rings. The number of hydrogen-bond acceptors (Lipinski definition) is 1. The van der Waals surface area contributed by atoms with Gasteiger partial charge in [0, 0.05) is 0 Å². The van der Waals surface area contributed by atoms with E-state index >= 15 is 0 Å². The molecule has 0 fully saturated rings. The second kappa shape index (κ2) is 5.57. The minimum absolute atomic E-state index is 0.257. The average Bonchev–Trinajstić information content (AvgIpc) is 2.29. The van der Waals surface area contributed by atoms with Crippen LogP contribution in [0.25, 0.3) is 0 Å². The summed E-state index contributed by atoms with van der Waals surface area (Å²) in [6.45, 7) is -0.257. The van der Waals surface area contributed by atoms with Gasteiger partial charge in [-0.2, -0.15) is 26.3 Å². The molecule has 0 unspecified atom stereocenters. The smallest absolute Gasteiger partial charge is 0.322 e. The number of rotatable bonds is 2. The van der Waals surface area contributed by atoms with E-state index in [4.69, 9.17) is 23.2 Å². The van der Waals surface area contributed by atoms with Crippen molar-refractivity contribution in [2.75, 3.05) is 5.32 Å². The van der Waals surface area contributed by atoms with Crippen molar-refractivity contribution < 1.29 is 31.1 Å². The lowest BCUT2D eigenvalue weighted by Gasteiger charge is -2.32. The second-order valence-electron chi connectivity index (χ2n) is 4.17. The molecule has 1 rings (SSSR count). The summed E-state index contributed by atoms with van der Waals surface area (Å²) in [6, 6.07) is 3.62. The number of hydrogen-bond donors (Lipinski definition) is 1. The Bertz CT molecular complexity index is 520. The number of carbonyl (C=O) groups excluding carboxylic acids is 1. The molecule has 0 spiro atoms. The van der Waals surface area contributed by atoms with Gasteiger partial charge in [-0.3, -0.25) is 4.79 Å². The first-order chi connectivity index (χ1) is 9.32. The van der Waals surface area contributed by atoms with E-state index in [1.807, 2.05) is 0 Å². The van der Waals surface area contributed by atoms with Crippen LogP contribution in [0.4, 0.5) is 32.0 Å². The fraction of sp³-hybridized carbons (Fsp3) is 0.364. The van der Waals surface area contributed by atoms with Crippen LogP contribution >= 0.6 is 23.2 Å². The molecule has 2 nitrogen and oxygen atoms in total. The number of amides is 1. The molecule has 1 amide bonds. The number of halogens is 8. The van der Waals surface area contributed by atoms with Gasteiger partial charge in [0.15, 0.2) is 0 Å². The van der Waals surface area contributed by atoms with Gasteiger partial charge in [0.25, 0.3) is 0 Å². The van der Waals surface area contributed by atoms with Crippen molar-refractivity contribution in [3.63, 3.8) is 0 Å². The van der Waals surface area contributed by atoms with Crippen molar-refractivity contribution in [1.29, 1.82) is 0 Å². The Balaban J connectivity index is 3.28. The van der Waals surface area contributed by atoms with E-state index in [0.717, 1.165) is 12.1 Å². The van der Waals surface area contributed by atoms with Crippen LogP contribution in [-0.2, 0) is 4.79 Å². The highest BCUT2D eigenvalue weighted by Crippen LogP contribution is 2.51. The number of para-hydroxylation sites is 1. The van der Waals surface area contributed by atoms with Crippen LogP contribution in [0.1, 0.15) is 6.92 Å². The number of benzene rings is 1. The Morgan fingerprint density at radius 1 is 1.00 bits per heavy atom. The van der Waals surface area contributed by atoms with Gasteiger partial charge < -0.3 is 5.32 Å². The number of nitrogens with one attached hydrogen (secondary N) is 1. The normalized spacial score (nSPS) is 13.2. The van der Waals surface area contributed by atoms with Crippen LogP contribution in [-0.4, -0.2) is 18.3 Å². The third-order valence-corrected chi connectivity index (χ3v) is 3.42. The summed E-state index contributed by atoms with van der Waals surface area (Å²) in [5, 5.41) is 0.911. The minimum Gasteiger partial charge on any atom is -0.322 e. The van der Waals surface area contributed by atoms with E-state index in [0.29, 0.717) is 0 Å². The van der Waals surface area contributed by atoms with Crippen LogP contribution in [0.2, 0.25) is 10.0 Å². The molecular formula is C11H7Cl2F6NO. The van der Waals surface area contributed by atoms with Crippen LogP contribution in [0, 0.1) is 5.41 Å².